The lowest BCUT2D eigenvalue weighted by atomic mass is 10.3. The second kappa shape index (κ2) is 5.60. The summed E-state index contributed by atoms with van der Waals surface area (Å²) in [6.07, 6.45) is -4.62. The molecule has 0 aliphatic carbocycles. The number of hydrogen-bond donors (Lipinski definition) is 1. The maximum atomic E-state index is 12.4. The normalized spacial score (nSPS) is 11.4. The molecule has 0 radical (unpaired) electrons. The van der Waals surface area contributed by atoms with Gasteiger partial charge in [0.05, 0.1) is 23.0 Å². The van der Waals surface area contributed by atoms with E-state index in [-0.39, 0.29) is 16.6 Å². The number of halogens is 3. The lowest BCUT2D eigenvalue weighted by molar-refractivity contribution is -0.385. The van der Waals surface area contributed by atoms with Crippen molar-refractivity contribution < 1.29 is 22.8 Å². The fourth-order valence-electron chi connectivity index (χ4n) is 1.37. The second-order valence-electron chi connectivity index (χ2n) is 3.66. The first kappa shape index (κ1) is 15.1. The van der Waals surface area contributed by atoms with Crippen molar-refractivity contribution in [2.45, 2.75) is 16.2 Å². The summed E-state index contributed by atoms with van der Waals surface area (Å²) in [7, 11) is 1.29. The van der Waals surface area contributed by atoms with Crippen LogP contribution >= 0.6 is 11.8 Å². The van der Waals surface area contributed by atoms with E-state index in [1.807, 2.05) is 0 Å². The molecule has 2 rings (SSSR count). The maximum absolute atomic E-state index is 12.4. The number of rotatable bonds is 4. The Balaban J connectivity index is 2.27. The quantitative estimate of drug-likeness (QED) is 0.687. The van der Waals surface area contributed by atoms with Crippen LogP contribution in [0.4, 0.5) is 18.9 Å². The van der Waals surface area contributed by atoms with Gasteiger partial charge >= 0.3 is 6.18 Å². The monoisotopic (exact) mass is 320 g/mol. The maximum Gasteiger partial charge on any atom is 0.451 e. The highest BCUT2D eigenvalue weighted by Gasteiger charge is 2.35. The minimum Gasteiger partial charge on any atom is -0.495 e. The molecule has 0 amide bonds. The van der Waals surface area contributed by atoms with E-state index in [2.05, 4.69) is 10.1 Å². The van der Waals surface area contributed by atoms with Crippen LogP contribution in [0.1, 0.15) is 5.82 Å². The Morgan fingerprint density at radius 1 is 1.43 bits per heavy atom. The largest absolute Gasteiger partial charge is 0.495 e. The van der Waals surface area contributed by atoms with Crippen LogP contribution in [0.25, 0.3) is 0 Å². The topological polar surface area (TPSA) is 93.9 Å². The van der Waals surface area contributed by atoms with Gasteiger partial charge in [-0.1, -0.05) is 0 Å². The Bertz CT molecular complexity index is 674. The Morgan fingerprint density at radius 2 is 2.14 bits per heavy atom. The summed E-state index contributed by atoms with van der Waals surface area (Å²) in [5.74, 6) is -1.07. The number of nitro benzene ring substituents is 1. The van der Waals surface area contributed by atoms with E-state index in [0.29, 0.717) is 4.90 Å². The van der Waals surface area contributed by atoms with E-state index in [1.54, 1.807) is 5.10 Å². The highest BCUT2D eigenvalue weighted by atomic mass is 32.2. The van der Waals surface area contributed by atoms with Gasteiger partial charge in [-0.3, -0.25) is 15.2 Å². The first-order valence-electron chi connectivity index (χ1n) is 5.31. The zero-order chi connectivity index (χ0) is 15.6. The first-order chi connectivity index (χ1) is 9.81. The molecule has 21 heavy (non-hydrogen) atoms. The van der Waals surface area contributed by atoms with E-state index < -0.39 is 16.9 Å². The molecule has 0 atom stereocenters. The Morgan fingerprint density at radius 3 is 2.67 bits per heavy atom. The van der Waals surface area contributed by atoms with Crippen LogP contribution in [0.5, 0.6) is 5.75 Å². The van der Waals surface area contributed by atoms with Gasteiger partial charge < -0.3 is 4.74 Å². The molecule has 0 bridgehead atoms. The van der Waals surface area contributed by atoms with Gasteiger partial charge in [-0.25, -0.2) is 0 Å². The number of H-pyrrole nitrogens is 1. The molecule has 0 fully saturated rings. The number of benzene rings is 1. The second-order valence-corrected chi connectivity index (χ2v) is 4.67. The van der Waals surface area contributed by atoms with Gasteiger partial charge in [0.25, 0.3) is 5.69 Å². The molecular weight excluding hydrogens is 313 g/mol. The predicted molar refractivity (Wildman–Crippen MR) is 65.2 cm³/mol. The molecule has 0 saturated carbocycles. The van der Waals surface area contributed by atoms with E-state index in [0.717, 1.165) is 11.8 Å². The molecule has 1 aromatic heterocycles. The van der Waals surface area contributed by atoms with Crippen LogP contribution in [0, 0.1) is 10.1 Å². The summed E-state index contributed by atoms with van der Waals surface area (Å²) < 4.78 is 42.1. The van der Waals surface area contributed by atoms with Crippen LogP contribution < -0.4 is 4.74 Å². The van der Waals surface area contributed by atoms with Crippen molar-refractivity contribution in [3.63, 3.8) is 0 Å². The van der Waals surface area contributed by atoms with Crippen molar-refractivity contribution in [2.75, 3.05) is 7.11 Å². The Hall–Kier alpha value is -2.30. The number of methoxy groups -OCH3 is 1. The zero-order valence-electron chi connectivity index (χ0n) is 10.3. The number of nitro groups is 1. The number of aromatic nitrogens is 3. The van der Waals surface area contributed by atoms with Crippen molar-refractivity contribution in [2.24, 2.45) is 0 Å². The minimum atomic E-state index is -4.62. The van der Waals surface area contributed by atoms with Gasteiger partial charge in [0.1, 0.15) is 5.75 Å². The molecule has 7 nitrogen and oxygen atoms in total. The molecule has 1 heterocycles. The number of alkyl halides is 3. The van der Waals surface area contributed by atoms with E-state index in [9.17, 15) is 23.3 Å². The molecule has 11 heteroatoms. The summed E-state index contributed by atoms with van der Waals surface area (Å²) in [6, 6.07) is 3.73. The number of nitrogens with one attached hydrogen (secondary N) is 1. The van der Waals surface area contributed by atoms with Gasteiger partial charge in [0.15, 0.2) is 0 Å². The van der Waals surface area contributed by atoms with Crippen LogP contribution in [0.3, 0.4) is 0 Å². The third kappa shape index (κ3) is 3.42. The number of nitrogens with zero attached hydrogens (tertiary/aromatic N) is 3. The highest BCUT2D eigenvalue weighted by molar-refractivity contribution is 7.99. The van der Waals surface area contributed by atoms with Gasteiger partial charge in [-0.05, 0) is 17.8 Å². The standard InChI is InChI=1S/C10H7F3N4O3S/c1-20-6-4-5(17(18)19)2-3-7(6)21-9-14-8(15-16-9)10(11,12)13/h2-4H,1H3,(H,14,15,16). The summed E-state index contributed by atoms with van der Waals surface area (Å²) in [5, 5.41) is 15.7. The molecule has 1 N–H and O–H groups in total. The fraction of sp³-hybridized carbons (Fsp3) is 0.200. The van der Waals surface area contributed by atoms with Crippen molar-refractivity contribution >= 4 is 17.4 Å². The number of ether oxygens (including phenoxy) is 1. The average Bonchev–Trinajstić information content (AvgIpc) is 2.87. The van der Waals surface area contributed by atoms with Crippen molar-refractivity contribution in [1.82, 2.24) is 15.2 Å². The molecule has 1 aromatic carbocycles. The molecular formula is C10H7F3N4O3S. The van der Waals surface area contributed by atoms with Crippen LogP contribution in [-0.2, 0) is 6.18 Å². The van der Waals surface area contributed by atoms with Crippen LogP contribution in [0.15, 0.2) is 28.3 Å². The van der Waals surface area contributed by atoms with Crippen molar-refractivity contribution in [3.05, 3.63) is 34.1 Å². The Kier molecular flexibility index (Phi) is 4.02. The fourth-order valence-corrected chi connectivity index (χ4v) is 2.18. The van der Waals surface area contributed by atoms with E-state index in [1.165, 1.54) is 25.3 Å². The van der Waals surface area contributed by atoms with Gasteiger partial charge in [0, 0.05) is 6.07 Å². The molecule has 0 aliphatic rings. The summed E-state index contributed by atoms with van der Waals surface area (Å²) in [5.41, 5.74) is -0.192. The average molecular weight is 320 g/mol. The molecule has 0 saturated heterocycles. The molecule has 0 unspecified atom stereocenters. The van der Waals surface area contributed by atoms with E-state index >= 15 is 0 Å². The lowest BCUT2D eigenvalue weighted by Crippen LogP contribution is -2.07. The smallest absolute Gasteiger partial charge is 0.451 e. The first-order valence-corrected chi connectivity index (χ1v) is 6.13. The number of non-ortho nitro benzene ring substituents is 1. The third-order valence-corrected chi connectivity index (χ3v) is 3.22. The number of aromatic amines is 1. The lowest BCUT2D eigenvalue weighted by Gasteiger charge is -2.05. The van der Waals surface area contributed by atoms with Crippen molar-refractivity contribution in [3.8, 4) is 5.75 Å². The molecule has 112 valence electrons. The Labute approximate surface area is 119 Å². The van der Waals surface area contributed by atoms with Crippen LogP contribution in [0.2, 0.25) is 0 Å². The molecule has 2 aromatic rings. The van der Waals surface area contributed by atoms with Gasteiger partial charge in [0.2, 0.25) is 11.0 Å². The third-order valence-electron chi connectivity index (χ3n) is 2.29. The van der Waals surface area contributed by atoms with Gasteiger partial charge in [-0.15, -0.1) is 5.10 Å². The SMILES string of the molecule is COc1cc([N+](=O)[O-])ccc1Sc1n[nH]c(C(F)(F)F)n1. The predicted octanol–water partition coefficient (Wildman–Crippen LogP) is 2.89. The summed E-state index contributed by atoms with van der Waals surface area (Å²) >= 11 is 0.795. The van der Waals surface area contributed by atoms with Gasteiger partial charge in [-0.2, -0.15) is 18.2 Å². The van der Waals surface area contributed by atoms with Crippen LogP contribution in [-0.4, -0.2) is 27.2 Å². The molecule has 0 aliphatic heterocycles. The van der Waals surface area contributed by atoms with Crippen molar-refractivity contribution in [1.29, 1.82) is 0 Å². The summed E-state index contributed by atoms with van der Waals surface area (Å²) in [4.78, 5) is 13.7. The minimum absolute atomic E-state index is 0.146. The number of hydrogen-bond acceptors (Lipinski definition) is 6. The highest BCUT2D eigenvalue weighted by Crippen LogP contribution is 2.36. The summed E-state index contributed by atoms with van der Waals surface area (Å²) in [6.45, 7) is 0. The zero-order valence-corrected chi connectivity index (χ0v) is 11.2. The van der Waals surface area contributed by atoms with E-state index in [4.69, 9.17) is 4.74 Å². The molecule has 0 spiro atoms.